The highest BCUT2D eigenvalue weighted by Gasteiger charge is 2.45. The van der Waals surface area contributed by atoms with Gasteiger partial charge in [-0.25, -0.2) is 9.55 Å². The number of primary amides is 2. The van der Waals surface area contributed by atoms with E-state index in [0.29, 0.717) is 0 Å². The summed E-state index contributed by atoms with van der Waals surface area (Å²) in [5.41, 5.74) is 9.32. The summed E-state index contributed by atoms with van der Waals surface area (Å²) >= 11 is 0. The van der Waals surface area contributed by atoms with Crippen molar-refractivity contribution in [2.75, 3.05) is 6.61 Å². The van der Waals surface area contributed by atoms with Crippen molar-refractivity contribution in [3.05, 3.63) is 17.7 Å². The molecule has 1 unspecified atom stereocenters. The van der Waals surface area contributed by atoms with Crippen LogP contribution < -0.4 is 11.5 Å². The zero-order valence-corrected chi connectivity index (χ0v) is 12.8. The van der Waals surface area contributed by atoms with Crippen LogP contribution in [0.5, 0.6) is 0 Å². The van der Waals surface area contributed by atoms with Gasteiger partial charge in [0.25, 0.3) is 11.8 Å². The summed E-state index contributed by atoms with van der Waals surface area (Å²) in [6, 6.07) is 0. The number of phosphoric acid groups is 1. The minimum atomic E-state index is -4.82. The first-order valence-corrected chi connectivity index (χ1v) is 7.94. The maximum Gasteiger partial charge on any atom is 0.469 e. The van der Waals surface area contributed by atoms with Crippen molar-refractivity contribution < 1.29 is 43.4 Å². The van der Waals surface area contributed by atoms with E-state index in [-0.39, 0.29) is 0 Å². The highest BCUT2D eigenvalue weighted by molar-refractivity contribution is 7.46. The highest BCUT2D eigenvalue weighted by Crippen LogP contribution is 2.38. The molecule has 0 aliphatic carbocycles. The van der Waals surface area contributed by atoms with Crippen molar-refractivity contribution in [3.8, 4) is 0 Å². The van der Waals surface area contributed by atoms with Gasteiger partial charge in [-0.1, -0.05) is 0 Å². The first-order chi connectivity index (χ1) is 11.0. The van der Waals surface area contributed by atoms with E-state index in [9.17, 15) is 24.4 Å². The molecule has 2 rings (SSSR count). The second-order valence-corrected chi connectivity index (χ2v) is 6.15. The topological polar surface area (TPSA) is 220 Å². The Hall–Kier alpha value is -1.86. The molecular formula is C10H15N4O9P. The fourth-order valence-corrected chi connectivity index (χ4v) is 2.59. The Morgan fingerprint density at radius 3 is 2.42 bits per heavy atom. The first-order valence-electron chi connectivity index (χ1n) is 6.41. The standard InChI is InChI=1S/C10H15N4O9P/c11-8(17)4-5(9(12)18)14(2-13-4)10-7(16)6(15)3(23-10)1-22-24(19,20)21/h2-3,6-7,10,15-16H,1H2,(H2,11,17)(H2,12,18)(H2,19,20,21)/t3-,6-,7-,10?/m1/s1. The number of hydrogen-bond donors (Lipinski definition) is 6. The molecule has 1 aliphatic heterocycles. The molecule has 0 saturated carbocycles. The molecule has 1 aliphatic rings. The molecule has 2 amide bonds. The Morgan fingerprint density at radius 2 is 1.92 bits per heavy atom. The molecular weight excluding hydrogens is 351 g/mol. The second kappa shape index (κ2) is 6.57. The molecule has 1 saturated heterocycles. The molecule has 8 N–H and O–H groups in total. The number of hydrogen-bond acceptors (Lipinski definition) is 8. The molecule has 4 atom stereocenters. The number of nitrogens with two attached hydrogens (primary N) is 2. The summed E-state index contributed by atoms with van der Waals surface area (Å²) < 4.78 is 21.1. The Bertz CT molecular complexity index is 701. The van der Waals surface area contributed by atoms with Crippen LogP contribution in [0.4, 0.5) is 0 Å². The van der Waals surface area contributed by atoms with Crippen molar-refractivity contribution in [1.82, 2.24) is 9.55 Å². The summed E-state index contributed by atoms with van der Waals surface area (Å²) in [7, 11) is -4.82. The average Bonchev–Trinajstić information content (AvgIpc) is 3.00. The van der Waals surface area contributed by atoms with Gasteiger partial charge < -0.3 is 36.2 Å². The van der Waals surface area contributed by atoms with Gasteiger partial charge in [-0.15, -0.1) is 0 Å². The molecule has 0 spiro atoms. The number of aliphatic hydroxyl groups excluding tert-OH is 2. The quantitative estimate of drug-likeness (QED) is 0.277. The van der Waals surface area contributed by atoms with Crippen LogP contribution in [-0.4, -0.2) is 66.3 Å². The van der Waals surface area contributed by atoms with Gasteiger partial charge in [0.15, 0.2) is 11.9 Å². The number of carbonyl (C=O) groups is 2. The zero-order chi connectivity index (χ0) is 18.2. The fourth-order valence-electron chi connectivity index (χ4n) is 2.25. The van der Waals surface area contributed by atoms with Crippen molar-refractivity contribution in [2.24, 2.45) is 11.5 Å². The van der Waals surface area contributed by atoms with Crippen LogP contribution >= 0.6 is 7.82 Å². The summed E-state index contributed by atoms with van der Waals surface area (Å²) in [6.45, 7) is -0.734. The first kappa shape index (κ1) is 18.5. The van der Waals surface area contributed by atoms with Gasteiger partial charge >= 0.3 is 7.82 Å². The van der Waals surface area contributed by atoms with E-state index in [2.05, 4.69) is 9.51 Å². The maximum absolute atomic E-state index is 11.5. The number of carbonyl (C=O) groups excluding carboxylic acids is 2. The fraction of sp³-hybridized carbons (Fsp3) is 0.500. The Kier molecular flexibility index (Phi) is 5.05. The van der Waals surface area contributed by atoms with Crippen LogP contribution in [0.15, 0.2) is 6.33 Å². The van der Waals surface area contributed by atoms with Gasteiger partial charge in [-0.3, -0.25) is 18.7 Å². The summed E-state index contributed by atoms with van der Waals surface area (Å²) in [5.74, 6) is -2.13. The number of aliphatic hydroxyl groups is 2. The Morgan fingerprint density at radius 1 is 1.29 bits per heavy atom. The van der Waals surface area contributed by atoms with E-state index in [1.807, 2.05) is 0 Å². The van der Waals surface area contributed by atoms with Crippen LogP contribution in [0.2, 0.25) is 0 Å². The second-order valence-electron chi connectivity index (χ2n) is 4.91. The van der Waals surface area contributed by atoms with Gasteiger partial charge in [-0.05, 0) is 0 Å². The third kappa shape index (κ3) is 3.62. The lowest BCUT2D eigenvalue weighted by molar-refractivity contribution is -0.0527. The lowest BCUT2D eigenvalue weighted by Gasteiger charge is -2.18. The van der Waals surface area contributed by atoms with Gasteiger partial charge in [0.2, 0.25) is 0 Å². The normalized spacial score (nSPS) is 27.3. The minimum absolute atomic E-state index is 0.449. The molecule has 14 heteroatoms. The number of rotatable bonds is 6. The van der Waals surface area contributed by atoms with Gasteiger partial charge in [0.1, 0.15) is 24.0 Å². The van der Waals surface area contributed by atoms with E-state index in [1.165, 1.54) is 0 Å². The molecule has 2 heterocycles. The lowest BCUT2D eigenvalue weighted by Crippen LogP contribution is -2.34. The number of nitrogens with zero attached hydrogens (tertiary/aromatic N) is 2. The number of phosphoric ester groups is 1. The monoisotopic (exact) mass is 366 g/mol. The van der Waals surface area contributed by atoms with Crippen molar-refractivity contribution in [3.63, 3.8) is 0 Å². The Balaban J connectivity index is 2.28. The minimum Gasteiger partial charge on any atom is -0.387 e. The van der Waals surface area contributed by atoms with Crippen molar-refractivity contribution in [2.45, 2.75) is 24.5 Å². The number of imidazole rings is 1. The van der Waals surface area contributed by atoms with Crippen LogP contribution in [0.25, 0.3) is 0 Å². The van der Waals surface area contributed by atoms with E-state index in [1.54, 1.807) is 0 Å². The third-order valence-corrected chi connectivity index (χ3v) is 3.76. The zero-order valence-electron chi connectivity index (χ0n) is 11.9. The summed E-state index contributed by atoms with van der Waals surface area (Å²) in [4.78, 5) is 43.7. The molecule has 134 valence electrons. The molecule has 1 aromatic heterocycles. The molecule has 1 fully saturated rings. The van der Waals surface area contributed by atoms with E-state index in [0.717, 1.165) is 10.9 Å². The Labute approximate surface area is 134 Å². The van der Waals surface area contributed by atoms with Crippen molar-refractivity contribution in [1.29, 1.82) is 0 Å². The molecule has 0 bridgehead atoms. The van der Waals surface area contributed by atoms with Gasteiger partial charge in [-0.2, -0.15) is 0 Å². The van der Waals surface area contributed by atoms with E-state index < -0.39 is 62.2 Å². The molecule has 0 aromatic carbocycles. The maximum atomic E-state index is 11.5. The average molecular weight is 366 g/mol. The van der Waals surface area contributed by atoms with Gasteiger partial charge in [0.05, 0.1) is 12.9 Å². The summed E-state index contributed by atoms with van der Waals surface area (Å²) in [5, 5.41) is 19.9. The number of aromatic nitrogens is 2. The molecule has 13 nitrogen and oxygen atoms in total. The van der Waals surface area contributed by atoms with Gasteiger partial charge in [0, 0.05) is 0 Å². The van der Waals surface area contributed by atoms with Crippen LogP contribution in [0, 0.1) is 0 Å². The van der Waals surface area contributed by atoms with Crippen LogP contribution in [0.3, 0.4) is 0 Å². The van der Waals surface area contributed by atoms with E-state index >= 15 is 0 Å². The number of amides is 2. The predicted octanol–water partition coefficient (Wildman–Crippen LogP) is -3.19. The SMILES string of the molecule is NC(=O)c1ncn(C2O[C@H](COP(=O)(O)O)[C@@H](O)[C@H]2O)c1C(N)=O. The van der Waals surface area contributed by atoms with Crippen LogP contribution in [-0.2, 0) is 13.8 Å². The third-order valence-electron chi connectivity index (χ3n) is 3.28. The molecule has 0 radical (unpaired) electrons. The largest absolute Gasteiger partial charge is 0.469 e. The predicted molar refractivity (Wildman–Crippen MR) is 73.2 cm³/mol. The highest BCUT2D eigenvalue weighted by atomic mass is 31.2. The lowest BCUT2D eigenvalue weighted by atomic mass is 10.1. The van der Waals surface area contributed by atoms with Crippen LogP contribution in [0.1, 0.15) is 27.2 Å². The van der Waals surface area contributed by atoms with Crippen molar-refractivity contribution >= 4 is 19.6 Å². The van der Waals surface area contributed by atoms with E-state index in [4.69, 9.17) is 26.0 Å². The smallest absolute Gasteiger partial charge is 0.387 e. The molecule has 24 heavy (non-hydrogen) atoms. The summed E-state index contributed by atoms with van der Waals surface area (Å²) in [6.07, 6.45) is -5.00. The molecule has 1 aromatic rings. The number of ether oxygens (including phenoxy) is 1.